The molecule has 1 atom stereocenters. The number of hydrogen-bond acceptors (Lipinski definition) is 3. The molecule has 0 fully saturated rings. The van der Waals surface area contributed by atoms with Crippen LogP contribution in [0.3, 0.4) is 0 Å². The van der Waals surface area contributed by atoms with Gasteiger partial charge >= 0.3 is 0 Å². The van der Waals surface area contributed by atoms with Gasteiger partial charge in [0.25, 0.3) is 0 Å². The first-order valence-corrected chi connectivity index (χ1v) is 5.77. The molecule has 1 aromatic heterocycles. The zero-order chi connectivity index (χ0) is 11.8. The van der Waals surface area contributed by atoms with E-state index in [0.717, 1.165) is 18.1 Å². The summed E-state index contributed by atoms with van der Waals surface area (Å²) < 4.78 is 2.09. The number of hydrogen-bond donors (Lipinski definition) is 2. The summed E-state index contributed by atoms with van der Waals surface area (Å²) in [6.45, 7) is 1.35. The van der Waals surface area contributed by atoms with Crippen LogP contribution in [0.2, 0.25) is 0 Å². The van der Waals surface area contributed by atoms with Crippen LogP contribution in [-0.2, 0) is 6.54 Å². The minimum absolute atomic E-state index is 0.504. The van der Waals surface area contributed by atoms with Gasteiger partial charge in [-0.25, -0.2) is 4.98 Å². The predicted octanol–water partition coefficient (Wildman–Crippen LogP) is 1.16. The fourth-order valence-corrected chi connectivity index (χ4v) is 2.38. The van der Waals surface area contributed by atoms with Gasteiger partial charge in [0.2, 0.25) is 0 Å². The number of aliphatic hydroxyl groups excluding tert-OH is 1. The lowest BCUT2D eigenvalue weighted by Crippen LogP contribution is -2.19. The molecule has 0 saturated carbocycles. The van der Waals surface area contributed by atoms with Gasteiger partial charge in [-0.1, -0.05) is 24.3 Å². The summed E-state index contributed by atoms with van der Waals surface area (Å²) in [5.41, 5.74) is 3.33. The van der Waals surface area contributed by atoms with E-state index in [9.17, 15) is 5.11 Å². The molecule has 0 saturated heterocycles. The molecule has 2 N–H and O–H groups in total. The molecular weight excluding hydrogens is 214 g/mol. The molecule has 17 heavy (non-hydrogen) atoms. The van der Waals surface area contributed by atoms with Crippen molar-refractivity contribution in [2.75, 3.05) is 13.6 Å². The van der Waals surface area contributed by atoms with Crippen LogP contribution in [0.5, 0.6) is 0 Å². The summed E-state index contributed by atoms with van der Waals surface area (Å²) in [6, 6.07) is 8.25. The van der Waals surface area contributed by atoms with Crippen LogP contribution >= 0.6 is 0 Å². The highest BCUT2D eigenvalue weighted by atomic mass is 16.3. The zero-order valence-electron chi connectivity index (χ0n) is 9.72. The zero-order valence-corrected chi connectivity index (χ0v) is 9.72. The van der Waals surface area contributed by atoms with Crippen molar-refractivity contribution in [3.63, 3.8) is 0 Å². The molecule has 1 aliphatic rings. The molecule has 3 rings (SSSR count). The standard InChI is InChI=1S/C13H15N3O/c1-14-7-12(17)11-6-15-13-10-5-3-2-4-9(10)8-16(11)13/h2-6,12,14,17H,7-8H2,1H3. The fourth-order valence-electron chi connectivity index (χ4n) is 2.38. The van der Waals surface area contributed by atoms with Gasteiger partial charge in [0.05, 0.1) is 18.4 Å². The Morgan fingerprint density at radius 3 is 3.12 bits per heavy atom. The van der Waals surface area contributed by atoms with E-state index in [0.29, 0.717) is 6.54 Å². The van der Waals surface area contributed by atoms with Crippen molar-refractivity contribution in [3.05, 3.63) is 41.7 Å². The lowest BCUT2D eigenvalue weighted by Gasteiger charge is -2.11. The molecule has 1 aliphatic heterocycles. The van der Waals surface area contributed by atoms with Crippen LogP contribution in [0.15, 0.2) is 30.5 Å². The number of imidazole rings is 1. The van der Waals surface area contributed by atoms with Crippen molar-refractivity contribution < 1.29 is 5.11 Å². The summed E-state index contributed by atoms with van der Waals surface area (Å²) in [5.74, 6) is 0.964. The monoisotopic (exact) mass is 229 g/mol. The largest absolute Gasteiger partial charge is 0.385 e. The van der Waals surface area contributed by atoms with E-state index in [1.807, 2.05) is 19.2 Å². The molecule has 1 aromatic carbocycles. The number of aliphatic hydroxyl groups is 1. The topological polar surface area (TPSA) is 50.1 Å². The Labute approximate surface area is 99.9 Å². The Morgan fingerprint density at radius 1 is 1.47 bits per heavy atom. The lowest BCUT2D eigenvalue weighted by atomic mass is 10.1. The van der Waals surface area contributed by atoms with E-state index >= 15 is 0 Å². The minimum atomic E-state index is -0.504. The molecule has 88 valence electrons. The van der Waals surface area contributed by atoms with Gasteiger partial charge in [0.15, 0.2) is 0 Å². The Balaban J connectivity index is 2.02. The van der Waals surface area contributed by atoms with Crippen LogP contribution in [-0.4, -0.2) is 28.3 Å². The van der Waals surface area contributed by atoms with Crippen molar-refractivity contribution in [1.82, 2.24) is 14.9 Å². The van der Waals surface area contributed by atoms with Crippen molar-refractivity contribution in [2.45, 2.75) is 12.6 Å². The Hall–Kier alpha value is -1.65. The Bertz CT molecular complexity index is 547. The molecule has 0 bridgehead atoms. The number of benzene rings is 1. The third kappa shape index (κ3) is 1.57. The smallest absolute Gasteiger partial charge is 0.140 e. The molecule has 2 heterocycles. The molecule has 2 aromatic rings. The number of likely N-dealkylation sites (N-methyl/N-ethyl adjacent to an activating group) is 1. The van der Waals surface area contributed by atoms with Gasteiger partial charge in [-0.3, -0.25) is 0 Å². The number of nitrogens with zero attached hydrogens (tertiary/aromatic N) is 2. The number of rotatable bonds is 3. The highest BCUT2D eigenvalue weighted by molar-refractivity contribution is 5.65. The van der Waals surface area contributed by atoms with E-state index < -0.39 is 6.10 Å². The van der Waals surface area contributed by atoms with E-state index in [-0.39, 0.29) is 0 Å². The second kappa shape index (κ2) is 3.98. The van der Waals surface area contributed by atoms with Gasteiger partial charge in [-0.2, -0.15) is 0 Å². The third-order valence-electron chi connectivity index (χ3n) is 3.21. The van der Waals surface area contributed by atoms with E-state index in [2.05, 4.69) is 27.0 Å². The van der Waals surface area contributed by atoms with Crippen molar-refractivity contribution in [3.8, 4) is 11.4 Å². The maximum Gasteiger partial charge on any atom is 0.140 e. The second-order valence-corrected chi connectivity index (χ2v) is 4.32. The van der Waals surface area contributed by atoms with Crippen LogP contribution in [0.25, 0.3) is 11.4 Å². The first kappa shape index (κ1) is 10.5. The van der Waals surface area contributed by atoms with Gasteiger partial charge in [-0.15, -0.1) is 0 Å². The average molecular weight is 229 g/mol. The molecule has 0 aliphatic carbocycles. The maximum atomic E-state index is 10.0. The van der Waals surface area contributed by atoms with Gasteiger partial charge in [0, 0.05) is 12.1 Å². The van der Waals surface area contributed by atoms with Gasteiger partial charge in [0.1, 0.15) is 11.9 Å². The number of aromatic nitrogens is 2. The predicted molar refractivity (Wildman–Crippen MR) is 65.7 cm³/mol. The normalized spacial score (nSPS) is 14.5. The second-order valence-electron chi connectivity index (χ2n) is 4.32. The maximum absolute atomic E-state index is 10.0. The van der Waals surface area contributed by atoms with E-state index in [1.165, 1.54) is 11.1 Å². The summed E-state index contributed by atoms with van der Waals surface area (Å²) in [4.78, 5) is 4.42. The minimum Gasteiger partial charge on any atom is -0.385 e. The van der Waals surface area contributed by atoms with Crippen molar-refractivity contribution >= 4 is 0 Å². The summed E-state index contributed by atoms with van der Waals surface area (Å²) in [5, 5.41) is 13.0. The lowest BCUT2D eigenvalue weighted by molar-refractivity contribution is 0.169. The van der Waals surface area contributed by atoms with Gasteiger partial charge in [-0.05, 0) is 12.6 Å². The quantitative estimate of drug-likeness (QED) is 0.708. The molecule has 4 heteroatoms. The van der Waals surface area contributed by atoms with Crippen LogP contribution in [0.4, 0.5) is 0 Å². The average Bonchev–Trinajstić information content (AvgIpc) is 2.87. The molecule has 0 amide bonds. The number of nitrogens with one attached hydrogen (secondary N) is 1. The van der Waals surface area contributed by atoms with Crippen LogP contribution in [0.1, 0.15) is 17.4 Å². The molecule has 4 nitrogen and oxygen atoms in total. The highest BCUT2D eigenvalue weighted by Crippen LogP contribution is 2.33. The summed E-state index contributed by atoms with van der Waals surface area (Å²) >= 11 is 0. The Morgan fingerprint density at radius 2 is 2.29 bits per heavy atom. The molecule has 0 radical (unpaired) electrons. The first-order valence-electron chi connectivity index (χ1n) is 5.77. The van der Waals surface area contributed by atoms with Crippen LogP contribution < -0.4 is 5.32 Å². The summed E-state index contributed by atoms with van der Waals surface area (Å²) in [7, 11) is 1.83. The van der Waals surface area contributed by atoms with E-state index in [4.69, 9.17) is 0 Å². The molecule has 0 spiro atoms. The van der Waals surface area contributed by atoms with Crippen LogP contribution in [0, 0.1) is 0 Å². The highest BCUT2D eigenvalue weighted by Gasteiger charge is 2.24. The number of fused-ring (bicyclic) bond motifs is 3. The molecular formula is C13H15N3O. The van der Waals surface area contributed by atoms with E-state index in [1.54, 1.807) is 6.20 Å². The Kier molecular flexibility index (Phi) is 2.46. The summed E-state index contributed by atoms with van der Waals surface area (Å²) in [6.07, 6.45) is 1.27. The fraction of sp³-hybridized carbons (Fsp3) is 0.308. The third-order valence-corrected chi connectivity index (χ3v) is 3.21. The molecule has 1 unspecified atom stereocenters. The first-order chi connectivity index (χ1) is 8.31. The van der Waals surface area contributed by atoms with Crippen molar-refractivity contribution in [2.24, 2.45) is 0 Å². The van der Waals surface area contributed by atoms with Gasteiger partial charge < -0.3 is 15.0 Å². The SMILES string of the molecule is CNCC(O)c1cnc2n1Cc1ccccc1-2. The van der Waals surface area contributed by atoms with Crippen molar-refractivity contribution in [1.29, 1.82) is 0 Å².